The predicted molar refractivity (Wildman–Crippen MR) is 122 cm³/mol. The van der Waals surface area contributed by atoms with Crippen molar-refractivity contribution in [3.63, 3.8) is 0 Å². The summed E-state index contributed by atoms with van der Waals surface area (Å²) < 4.78 is 37.1. The van der Waals surface area contributed by atoms with E-state index in [1.807, 2.05) is 30.3 Å². The Labute approximate surface area is 200 Å². The van der Waals surface area contributed by atoms with Gasteiger partial charge in [0.2, 0.25) is 5.91 Å². The molecule has 0 unspecified atom stereocenters. The Hall–Kier alpha value is -2.12. The van der Waals surface area contributed by atoms with Crippen molar-refractivity contribution < 1.29 is 47.9 Å². The van der Waals surface area contributed by atoms with E-state index in [4.69, 9.17) is 33.5 Å². The van der Waals surface area contributed by atoms with E-state index in [0.29, 0.717) is 85.8 Å². The molecule has 1 rings (SSSR count). The van der Waals surface area contributed by atoms with Crippen LogP contribution in [-0.4, -0.2) is 109 Å². The second kappa shape index (κ2) is 22.7. The van der Waals surface area contributed by atoms with Crippen LogP contribution in [0.1, 0.15) is 5.56 Å². The molecule has 11 heteroatoms. The lowest BCUT2D eigenvalue weighted by molar-refractivity contribution is -0.143. The predicted octanol–water partition coefficient (Wildman–Crippen LogP) is 0.504. The minimum atomic E-state index is -1.12. The fourth-order valence-corrected chi connectivity index (χ4v) is 2.41. The number of carboxylic acids is 1. The molecule has 0 radical (unpaired) electrons. The molecule has 0 fully saturated rings. The van der Waals surface area contributed by atoms with Crippen molar-refractivity contribution in [1.82, 2.24) is 5.32 Å². The Morgan fingerprint density at radius 3 is 1.59 bits per heavy atom. The van der Waals surface area contributed by atoms with Crippen LogP contribution >= 0.6 is 0 Å². The molecule has 2 N–H and O–H groups in total. The second-order valence-corrected chi connectivity index (χ2v) is 6.84. The first-order valence-electron chi connectivity index (χ1n) is 11.2. The normalized spacial score (nSPS) is 10.9. The number of nitrogens with one attached hydrogen (secondary N) is 1. The fraction of sp³-hybridized carbons (Fsp3) is 0.652. The number of carboxylic acid groups (broad SMARTS) is 1. The van der Waals surface area contributed by atoms with Gasteiger partial charge in [0.05, 0.1) is 79.3 Å². The van der Waals surface area contributed by atoms with Crippen LogP contribution in [0, 0.1) is 0 Å². The van der Waals surface area contributed by atoms with E-state index in [-0.39, 0.29) is 12.5 Å². The van der Waals surface area contributed by atoms with E-state index in [2.05, 4.69) is 10.1 Å². The summed E-state index contributed by atoms with van der Waals surface area (Å²) in [5.41, 5.74) is 1.15. The molecule has 1 aromatic carbocycles. The smallest absolute Gasteiger partial charge is 0.329 e. The van der Waals surface area contributed by atoms with E-state index < -0.39 is 12.6 Å². The van der Waals surface area contributed by atoms with Crippen molar-refractivity contribution in [3.05, 3.63) is 35.9 Å². The van der Waals surface area contributed by atoms with Gasteiger partial charge >= 0.3 is 5.97 Å². The van der Waals surface area contributed by atoms with Crippen molar-refractivity contribution in [3.8, 4) is 0 Å². The van der Waals surface area contributed by atoms with Gasteiger partial charge in [0.25, 0.3) is 0 Å². The monoisotopic (exact) mass is 487 g/mol. The number of carbonyl (C=O) groups is 2. The summed E-state index contributed by atoms with van der Waals surface area (Å²) in [6.45, 7) is 5.23. The van der Waals surface area contributed by atoms with E-state index in [9.17, 15) is 9.59 Å². The van der Waals surface area contributed by atoms with Crippen LogP contribution in [0.2, 0.25) is 0 Å². The van der Waals surface area contributed by atoms with Crippen molar-refractivity contribution in [1.29, 1.82) is 0 Å². The Balaban J connectivity index is 1.69. The first-order valence-corrected chi connectivity index (χ1v) is 11.2. The summed E-state index contributed by atoms with van der Waals surface area (Å²) in [6.07, 6.45) is 0. The standard InChI is InChI=1S/C23H37NO10/c25-22(19-34-20-23(26)27)24-6-7-28-8-9-29-10-11-30-12-13-31-14-15-32-16-17-33-18-21-4-2-1-3-5-21/h1-5H,6-20H2,(H,24,25)(H,26,27). The molecule has 0 aliphatic rings. The Bertz CT molecular complexity index is 617. The zero-order chi connectivity index (χ0) is 24.5. The third kappa shape index (κ3) is 20.5. The molecule has 0 aliphatic carbocycles. The summed E-state index contributed by atoms with van der Waals surface area (Å²) in [6, 6.07) is 10.0. The molecule has 0 aliphatic heterocycles. The average Bonchev–Trinajstić information content (AvgIpc) is 2.83. The molecule has 0 spiro atoms. The third-order valence-electron chi connectivity index (χ3n) is 4.00. The SMILES string of the molecule is O=C(O)COCC(=O)NCCOCCOCCOCCOCCOCCOCc1ccccc1. The van der Waals surface area contributed by atoms with Crippen LogP contribution in [0.3, 0.4) is 0 Å². The van der Waals surface area contributed by atoms with Gasteiger partial charge in [-0.2, -0.15) is 0 Å². The lowest BCUT2D eigenvalue weighted by Crippen LogP contribution is -2.31. The number of benzene rings is 1. The van der Waals surface area contributed by atoms with Gasteiger partial charge in [0.1, 0.15) is 13.2 Å². The lowest BCUT2D eigenvalue weighted by Gasteiger charge is -2.08. The second-order valence-electron chi connectivity index (χ2n) is 6.84. The number of aliphatic carboxylic acids is 1. The molecule has 1 aromatic rings. The molecule has 1 amide bonds. The largest absolute Gasteiger partial charge is 0.480 e. The van der Waals surface area contributed by atoms with Gasteiger partial charge < -0.3 is 43.6 Å². The minimum absolute atomic E-state index is 0.292. The molecule has 0 aromatic heterocycles. The quantitative estimate of drug-likeness (QED) is 0.199. The van der Waals surface area contributed by atoms with E-state index in [1.54, 1.807) is 0 Å². The molecular formula is C23H37NO10. The summed E-state index contributed by atoms with van der Waals surface area (Å²) in [5.74, 6) is -1.51. The number of rotatable bonds is 24. The number of amides is 1. The van der Waals surface area contributed by atoms with Gasteiger partial charge in [-0.25, -0.2) is 4.79 Å². The van der Waals surface area contributed by atoms with Gasteiger partial charge in [-0.15, -0.1) is 0 Å². The summed E-state index contributed by atoms with van der Waals surface area (Å²) in [7, 11) is 0. The Morgan fingerprint density at radius 2 is 1.09 bits per heavy atom. The summed E-state index contributed by atoms with van der Waals surface area (Å²) >= 11 is 0. The van der Waals surface area contributed by atoms with Crippen molar-refractivity contribution in [2.45, 2.75) is 6.61 Å². The number of ether oxygens (including phenoxy) is 7. The topological polar surface area (TPSA) is 131 Å². The fourth-order valence-electron chi connectivity index (χ4n) is 2.41. The van der Waals surface area contributed by atoms with Crippen LogP contribution in [-0.2, 0) is 49.4 Å². The first-order chi connectivity index (χ1) is 16.7. The van der Waals surface area contributed by atoms with Gasteiger partial charge in [-0.05, 0) is 5.56 Å². The molecule has 0 atom stereocenters. The highest BCUT2D eigenvalue weighted by Gasteiger charge is 2.03. The van der Waals surface area contributed by atoms with E-state index >= 15 is 0 Å². The molecule has 11 nitrogen and oxygen atoms in total. The highest BCUT2D eigenvalue weighted by atomic mass is 16.6. The lowest BCUT2D eigenvalue weighted by atomic mass is 10.2. The Morgan fingerprint density at radius 1 is 0.618 bits per heavy atom. The minimum Gasteiger partial charge on any atom is -0.480 e. The first kappa shape index (κ1) is 29.9. The van der Waals surface area contributed by atoms with Gasteiger partial charge in [-0.3, -0.25) is 4.79 Å². The number of carbonyl (C=O) groups excluding carboxylic acids is 1. The van der Waals surface area contributed by atoms with Crippen LogP contribution < -0.4 is 5.32 Å². The van der Waals surface area contributed by atoms with E-state index in [0.717, 1.165) is 5.56 Å². The van der Waals surface area contributed by atoms with Crippen LogP contribution in [0.4, 0.5) is 0 Å². The molecule has 34 heavy (non-hydrogen) atoms. The van der Waals surface area contributed by atoms with Gasteiger partial charge in [0, 0.05) is 6.54 Å². The van der Waals surface area contributed by atoms with Crippen LogP contribution in [0.25, 0.3) is 0 Å². The maximum atomic E-state index is 11.3. The molecule has 0 saturated carbocycles. The number of hydrogen-bond donors (Lipinski definition) is 2. The van der Waals surface area contributed by atoms with Crippen LogP contribution in [0.15, 0.2) is 30.3 Å². The van der Waals surface area contributed by atoms with Gasteiger partial charge in [-0.1, -0.05) is 30.3 Å². The zero-order valence-corrected chi connectivity index (χ0v) is 19.6. The average molecular weight is 488 g/mol. The molecular weight excluding hydrogens is 450 g/mol. The van der Waals surface area contributed by atoms with Crippen molar-refractivity contribution in [2.24, 2.45) is 0 Å². The maximum absolute atomic E-state index is 11.3. The third-order valence-corrected chi connectivity index (χ3v) is 4.00. The van der Waals surface area contributed by atoms with E-state index in [1.165, 1.54) is 0 Å². The molecule has 194 valence electrons. The van der Waals surface area contributed by atoms with Crippen molar-refractivity contribution >= 4 is 11.9 Å². The molecule has 0 bridgehead atoms. The molecule has 0 saturated heterocycles. The Kier molecular flexibility index (Phi) is 19.9. The summed E-state index contributed by atoms with van der Waals surface area (Å²) in [4.78, 5) is 21.5. The maximum Gasteiger partial charge on any atom is 0.329 e. The highest BCUT2D eigenvalue weighted by molar-refractivity contribution is 5.77. The van der Waals surface area contributed by atoms with Crippen LogP contribution in [0.5, 0.6) is 0 Å². The van der Waals surface area contributed by atoms with Gasteiger partial charge in [0.15, 0.2) is 0 Å². The zero-order valence-electron chi connectivity index (χ0n) is 19.6. The summed E-state index contributed by atoms with van der Waals surface area (Å²) in [5, 5.41) is 10.9. The highest BCUT2D eigenvalue weighted by Crippen LogP contribution is 1.99. The van der Waals surface area contributed by atoms with Crippen molar-refractivity contribution in [2.75, 3.05) is 92.4 Å². The molecule has 0 heterocycles. The number of hydrogen-bond acceptors (Lipinski definition) is 9.